The zero-order chi connectivity index (χ0) is 18.1. The Morgan fingerprint density at radius 2 is 1.88 bits per heavy atom. The summed E-state index contributed by atoms with van der Waals surface area (Å²) >= 11 is 0. The first-order valence-corrected chi connectivity index (χ1v) is 7.87. The minimum absolute atomic E-state index is 0.0172. The molecule has 1 N–H and O–H groups in total. The molecule has 0 bridgehead atoms. The predicted octanol–water partition coefficient (Wildman–Crippen LogP) is 3.20. The Bertz CT molecular complexity index is 1040. The van der Waals surface area contributed by atoms with Gasteiger partial charge in [-0.3, -0.25) is 9.36 Å². The van der Waals surface area contributed by atoms with Crippen LogP contribution in [0.15, 0.2) is 41.2 Å². The Kier molecular flexibility index (Phi) is 4.20. The summed E-state index contributed by atoms with van der Waals surface area (Å²) in [5.41, 5.74) is 1.56. The van der Waals surface area contributed by atoms with Crippen molar-refractivity contribution in [2.45, 2.75) is 19.8 Å². The highest BCUT2D eigenvalue weighted by atomic mass is 16.5. The van der Waals surface area contributed by atoms with Crippen LogP contribution in [0.3, 0.4) is 0 Å². The van der Waals surface area contributed by atoms with E-state index in [1.165, 1.54) is 13.2 Å². The molecule has 5 nitrogen and oxygen atoms in total. The highest BCUT2D eigenvalue weighted by Gasteiger charge is 2.19. The summed E-state index contributed by atoms with van der Waals surface area (Å²) in [7, 11) is 1.44. The number of phenolic OH excluding ortho intramolecular Hbond substituents is 1. The van der Waals surface area contributed by atoms with Gasteiger partial charge in [0, 0.05) is 11.5 Å². The van der Waals surface area contributed by atoms with Gasteiger partial charge in [0.15, 0.2) is 11.5 Å². The fourth-order valence-corrected chi connectivity index (χ4v) is 2.78. The largest absolute Gasteiger partial charge is 0.504 e. The molecule has 0 aliphatic heterocycles. The molecule has 0 atom stereocenters. The number of methoxy groups -OCH3 is 1. The van der Waals surface area contributed by atoms with Crippen LogP contribution in [0.5, 0.6) is 11.5 Å². The van der Waals surface area contributed by atoms with Crippen LogP contribution >= 0.6 is 0 Å². The number of fused-ring (bicyclic) bond motifs is 1. The minimum Gasteiger partial charge on any atom is -0.504 e. The van der Waals surface area contributed by atoms with Crippen molar-refractivity contribution in [1.82, 2.24) is 9.55 Å². The van der Waals surface area contributed by atoms with Crippen molar-refractivity contribution in [3.05, 3.63) is 58.1 Å². The molecule has 1 aromatic heterocycles. The molecule has 0 saturated heterocycles. The van der Waals surface area contributed by atoms with Gasteiger partial charge >= 0.3 is 0 Å². The molecule has 0 aliphatic rings. The van der Waals surface area contributed by atoms with Crippen LogP contribution < -0.4 is 10.3 Å². The smallest absolute Gasteiger partial charge is 0.266 e. The van der Waals surface area contributed by atoms with Crippen molar-refractivity contribution in [3.63, 3.8) is 0 Å². The van der Waals surface area contributed by atoms with Crippen molar-refractivity contribution < 1.29 is 9.84 Å². The molecule has 3 aromatic rings. The summed E-state index contributed by atoms with van der Waals surface area (Å²) in [6.07, 6.45) is 5.40. The molecule has 0 amide bonds. The average Bonchev–Trinajstić information content (AvgIpc) is 2.61. The van der Waals surface area contributed by atoms with Crippen molar-refractivity contribution in [2.24, 2.45) is 0 Å². The number of terminal acetylenes is 1. The number of rotatable bonds is 3. The third kappa shape index (κ3) is 2.72. The Balaban J connectivity index is 2.40. The number of aromatic hydroxyl groups is 1. The Morgan fingerprint density at radius 1 is 1.20 bits per heavy atom. The van der Waals surface area contributed by atoms with E-state index in [9.17, 15) is 9.90 Å². The van der Waals surface area contributed by atoms with Gasteiger partial charge < -0.3 is 9.84 Å². The molecule has 25 heavy (non-hydrogen) atoms. The topological polar surface area (TPSA) is 64.3 Å². The summed E-state index contributed by atoms with van der Waals surface area (Å²) in [6.45, 7) is 3.91. The highest BCUT2D eigenvalue weighted by Crippen LogP contribution is 2.33. The van der Waals surface area contributed by atoms with Crippen LogP contribution in [0.1, 0.15) is 31.2 Å². The summed E-state index contributed by atoms with van der Waals surface area (Å²) in [5.74, 6) is 3.27. The molecule has 5 heteroatoms. The number of hydrogen-bond donors (Lipinski definition) is 1. The second-order valence-corrected chi connectivity index (χ2v) is 5.97. The van der Waals surface area contributed by atoms with Gasteiger partial charge in [0.1, 0.15) is 11.3 Å². The van der Waals surface area contributed by atoms with Crippen LogP contribution in [0.25, 0.3) is 16.6 Å². The molecule has 0 saturated carbocycles. The van der Waals surface area contributed by atoms with Gasteiger partial charge in [-0.15, -0.1) is 6.42 Å². The average molecular weight is 334 g/mol. The summed E-state index contributed by atoms with van der Waals surface area (Å²) in [5, 5.41) is 10.4. The van der Waals surface area contributed by atoms with Crippen LogP contribution in [-0.2, 0) is 0 Å². The van der Waals surface area contributed by atoms with Gasteiger partial charge in [0.2, 0.25) is 0 Å². The normalized spacial score (nSPS) is 10.8. The first-order valence-electron chi connectivity index (χ1n) is 7.87. The van der Waals surface area contributed by atoms with Crippen molar-refractivity contribution in [2.75, 3.05) is 7.11 Å². The van der Waals surface area contributed by atoms with Gasteiger partial charge in [0.25, 0.3) is 5.56 Å². The molecule has 0 radical (unpaired) electrons. The van der Waals surface area contributed by atoms with E-state index in [2.05, 4.69) is 10.9 Å². The third-order valence-corrected chi connectivity index (χ3v) is 4.01. The minimum atomic E-state index is -0.222. The van der Waals surface area contributed by atoms with Crippen LogP contribution in [0.4, 0.5) is 0 Å². The first kappa shape index (κ1) is 16.6. The van der Waals surface area contributed by atoms with E-state index in [-0.39, 0.29) is 23.0 Å². The third-order valence-electron chi connectivity index (χ3n) is 4.01. The molecular weight excluding hydrogens is 316 g/mol. The molecule has 0 unspecified atom stereocenters. The van der Waals surface area contributed by atoms with Gasteiger partial charge in [-0.2, -0.15) is 0 Å². The Hall–Kier alpha value is -3.26. The second-order valence-electron chi connectivity index (χ2n) is 5.97. The van der Waals surface area contributed by atoms with Crippen molar-refractivity contribution in [3.8, 4) is 29.5 Å². The van der Waals surface area contributed by atoms with Gasteiger partial charge in [-0.25, -0.2) is 4.98 Å². The lowest BCUT2D eigenvalue weighted by Crippen LogP contribution is -2.24. The summed E-state index contributed by atoms with van der Waals surface area (Å²) in [6, 6.07) is 10.2. The number of aromatic nitrogens is 2. The zero-order valence-corrected chi connectivity index (χ0v) is 14.3. The molecule has 3 rings (SSSR count). The number of benzene rings is 2. The monoisotopic (exact) mass is 334 g/mol. The van der Waals surface area contributed by atoms with Crippen molar-refractivity contribution >= 4 is 10.9 Å². The zero-order valence-electron chi connectivity index (χ0n) is 14.3. The Labute approximate surface area is 145 Å². The molecule has 1 heterocycles. The molecule has 126 valence electrons. The summed E-state index contributed by atoms with van der Waals surface area (Å²) < 4.78 is 6.81. The highest BCUT2D eigenvalue weighted by molar-refractivity contribution is 5.86. The fraction of sp³-hybridized carbons (Fsp3) is 0.200. The molecule has 0 spiro atoms. The van der Waals surface area contributed by atoms with Gasteiger partial charge in [0.05, 0.1) is 18.2 Å². The maximum absolute atomic E-state index is 13.1. The maximum Gasteiger partial charge on any atom is 0.266 e. The standard InChI is InChI=1S/C20H18N2O3/c1-5-13-6-8-14(9-7-13)22-19(12(2)3)21-17-15(20(22)24)10-11-16(23)18(17)25-4/h1,6-12,23H,2-4H3. The van der Waals surface area contributed by atoms with E-state index in [1.807, 2.05) is 13.8 Å². The molecular formula is C20H18N2O3. The lowest BCUT2D eigenvalue weighted by atomic mass is 10.1. The quantitative estimate of drug-likeness (QED) is 0.747. The van der Waals surface area contributed by atoms with Crippen LogP contribution in [0, 0.1) is 12.3 Å². The lowest BCUT2D eigenvalue weighted by Gasteiger charge is -2.17. The van der Waals surface area contributed by atoms with E-state index >= 15 is 0 Å². The van der Waals surface area contributed by atoms with Gasteiger partial charge in [-0.05, 0) is 36.4 Å². The van der Waals surface area contributed by atoms with Crippen LogP contribution in [-0.4, -0.2) is 21.8 Å². The number of nitrogens with zero attached hydrogens (tertiary/aromatic N) is 2. The van der Waals surface area contributed by atoms with Crippen LogP contribution in [0.2, 0.25) is 0 Å². The maximum atomic E-state index is 13.1. The molecule has 0 fully saturated rings. The number of hydrogen-bond acceptors (Lipinski definition) is 4. The van der Waals surface area contributed by atoms with E-state index in [0.717, 1.165) is 5.56 Å². The second kappa shape index (κ2) is 6.33. The van der Waals surface area contributed by atoms with E-state index in [0.29, 0.717) is 22.4 Å². The predicted molar refractivity (Wildman–Crippen MR) is 97.6 cm³/mol. The van der Waals surface area contributed by atoms with E-state index in [1.54, 1.807) is 34.9 Å². The van der Waals surface area contributed by atoms with E-state index in [4.69, 9.17) is 11.2 Å². The summed E-state index contributed by atoms with van der Waals surface area (Å²) in [4.78, 5) is 17.8. The Morgan fingerprint density at radius 3 is 2.44 bits per heavy atom. The van der Waals surface area contributed by atoms with E-state index < -0.39 is 0 Å². The first-order chi connectivity index (χ1) is 12.0. The molecule has 2 aromatic carbocycles. The SMILES string of the molecule is C#Cc1ccc(-n2c(C(C)C)nc3c(OC)c(O)ccc3c2=O)cc1. The molecule has 0 aliphatic carbocycles. The number of phenols is 1. The van der Waals surface area contributed by atoms with Crippen molar-refractivity contribution in [1.29, 1.82) is 0 Å². The fourth-order valence-electron chi connectivity index (χ4n) is 2.78. The van der Waals surface area contributed by atoms with Gasteiger partial charge in [-0.1, -0.05) is 19.8 Å². The number of ether oxygens (including phenoxy) is 1. The lowest BCUT2D eigenvalue weighted by molar-refractivity contribution is 0.377.